The quantitative estimate of drug-likeness (QED) is 0.548. The molecule has 2 aliphatic heterocycles. The lowest BCUT2D eigenvalue weighted by Crippen LogP contribution is -2.38. The molecule has 2 nitrogen and oxygen atoms in total. The Hall–Kier alpha value is -0.510. The number of hydrogen-bond donors (Lipinski definition) is 0. The largest absolute Gasteiger partial charge is 0.300 e. The smallest absolute Gasteiger partial charge is 0.262 e. The Morgan fingerprint density at radius 1 is 1.50 bits per heavy atom. The van der Waals surface area contributed by atoms with Crippen molar-refractivity contribution in [2.24, 2.45) is 0 Å². The Morgan fingerprint density at radius 2 is 2.25 bits per heavy atom. The lowest BCUT2D eigenvalue weighted by molar-refractivity contribution is -0.122. The molecule has 2 fully saturated rings. The molecule has 2 saturated heterocycles. The van der Waals surface area contributed by atoms with E-state index in [0.29, 0.717) is 19.4 Å². The molecule has 0 aromatic rings. The molecule has 0 spiro atoms. The second-order valence-corrected chi connectivity index (χ2v) is 3.68. The van der Waals surface area contributed by atoms with Crippen molar-refractivity contribution < 1.29 is 13.6 Å². The molecule has 0 aromatic carbocycles. The maximum atomic E-state index is 12.8. The van der Waals surface area contributed by atoms with Crippen LogP contribution in [0.2, 0.25) is 0 Å². The van der Waals surface area contributed by atoms with Crippen molar-refractivity contribution in [3.05, 3.63) is 0 Å². The molecule has 12 heavy (non-hydrogen) atoms. The van der Waals surface area contributed by atoms with Crippen LogP contribution in [0.1, 0.15) is 19.3 Å². The Labute approximate surface area is 69.5 Å². The van der Waals surface area contributed by atoms with E-state index in [-0.39, 0.29) is 24.8 Å². The number of alkyl halides is 2. The van der Waals surface area contributed by atoms with E-state index in [1.807, 2.05) is 0 Å². The first-order valence-corrected chi connectivity index (χ1v) is 4.20. The van der Waals surface area contributed by atoms with Gasteiger partial charge in [-0.15, -0.1) is 0 Å². The van der Waals surface area contributed by atoms with Gasteiger partial charge < -0.3 is 0 Å². The zero-order valence-electron chi connectivity index (χ0n) is 6.72. The van der Waals surface area contributed by atoms with Crippen molar-refractivity contribution in [3.63, 3.8) is 0 Å². The Kier molecular flexibility index (Phi) is 1.68. The summed E-state index contributed by atoms with van der Waals surface area (Å²) in [6, 6.07) is -0.179. The van der Waals surface area contributed by atoms with E-state index in [1.165, 1.54) is 0 Å². The number of hydrogen-bond acceptors (Lipinski definition) is 2. The molecule has 0 aromatic heterocycles. The zero-order chi connectivity index (χ0) is 8.77. The summed E-state index contributed by atoms with van der Waals surface area (Å²) < 4.78 is 25.6. The second-order valence-electron chi connectivity index (χ2n) is 3.68. The number of carbonyl (C=O) groups is 1. The second kappa shape index (κ2) is 2.49. The molecular formula is C8H11F2NO. The van der Waals surface area contributed by atoms with E-state index >= 15 is 0 Å². The summed E-state index contributed by atoms with van der Waals surface area (Å²) in [4.78, 5) is 12.7. The first-order valence-electron chi connectivity index (χ1n) is 4.20. The minimum Gasteiger partial charge on any atom is -0.300 e. The summed E-state index contributed by atoms with van der Waals surface area (Å²) in [6.07, 6.45) is 0.654. The van der Waals surface area contributed by atoms with E-state index in [9.17, 15) is 13.6 Å². The highest BCUT2D eigenvalue weighted by molar-refractivity contribution is 5.80. The van der Waals surface area contributed by atoms with Crippen molar-refractivity contribution >= 4 is 5.78 Å². The maximum absolute atomic E-state index is 12.8. The topological polar surface area (TPSA) is 20.3 Å². The molecular weight excluding hydrogens is 164 g/mol. The third-order valence-electron chi connectivity index (χ3n) is 2.63. The van der Waals surface area contributed by atoms with Crippen LogP contribution in [-0.2, 0) is 4.79 Å². The fourth-order valence-electron chi connectivity index (χ4n) is 2.06. The lowest BCUT2D eigenvalue weighted by Gasteiger charge is -2.27. The van der Waals surface area contributed by atoms with E-state index in [4.69, 9.17) is 0 Å². The van der Waals surface area contributed by atoms with Crippen LogP contribution in [0, 0.1) is 0 Å². The SMILES string of the molecule is O=C1CCN2CC(F)(F)C[C@@H]2C1. The van der Waals surface area contributed by atoms with Crippen LogP contribution in [0.25, 0.3) is 0 Å². The summed E-state index contributed by atoms with van der Waals surface area (Å²) in [6.45, 7) is 0.379. The summed E-state index contributed by atoms with van der Waals surface area (Å²) in [7, 11) is 0. The summed E-state index contributed by atoms with van der Waals surface area (Å²) in [5.41, 5.74) is 0. The summed E-state index contributed by atoms with van der Waals surface area (Å²) in [5, 5.41) is 0. The molecule has 2 rings (SSSR count). The van der Waals surface area contributed by atoms with Gasteiger partial charge in [-0.3, -0.25) is 9.69 Å². The van der Waals surface area contributed by atoms with Crippen LogP contribution in [-0.4, -0.2) is 35.7 Å². The Morgan fingerprint density at radius 3 is 3.00 bits per heavy atom. The van der Waals surface area contributed by atoms with Crippen LogP contribution in [0.4, 0.5) is 8.78 Å². The van der Waals surface area contributed by atoms with Gasteiger partial charge in [-0.1, -0.05) is 0 Å². The average molecular weight is 175 g/mol. The predicted octanol–water partition coefficient (Wildman–Crippen LogP) is 1.06. The third-order valence-corrected chi connectivity index (χ3v) is 2.63. The van der Waals surface area contributed by atoms with Gasteiger partial charge in [0.05, 0.1) is 6.54 Å². The number of carbonyl (C=O) groups excluding carboxylic acids is 1. The fraction of sp³-hybridized carbons (Fsp3) is 0.875. The Bertz CT molecular complexity index is 217. The van der Waals surface area contributed by atoms with E-state index in [1.54, 1.807) is 4.90 Å². The van der Waals surface area contributed by atoms with E-state index in [0.717, 1.165) is 0 Å². The van der Waals surface area contributed by atoms with Crippen LogP contribution < -0.4 is 0 Å². The fourth-order valence-corrected chi connectivity index (χ4v) is 2.06. The molecule has 4 heteroatoms. The van der Waals surface area contributed by atoms with Gasteiger partial charge in [-0.25, -0.2) is 8.78 Å². The third kappa shape index (κ3) is 1.35. The van der Waals surface area contributed by atoms with Crippen LogP contribution in [0.15, 0.2) is 0 Å². The monoisotopic (exact) mass is 175 g/mol. The maximum Gasteiger partial charge on any atom is 0.262 e. The molecule has 1 atom stereocenters. The highest BCUT2D eigenvalue weighted by Gasteiger charge is 2.46. The zero-order valence-corrected chi connectivity index (χ0v) is 6.72. The molecule has 2 aliphatic rings. The van der Waals surface area contributed by atoms with Gasteiger partial charge in [-0.2, -0.15) is 0 Å². The molecule has 68 valence electrons. The molecule has 0 radical (unpaired) electrons. The number of nitrogens with zero attached hydrogens (tertiary/aromatic N) is 1. The van der Waals surface area contributed by atoms with Crippen LogP contribution in [0.3, 0.4) is 0 Å². The van der Waals surface area contributed by atoms with Gasteiger partial charge in [0.15, 0.2) is 0 Å². The number of Topliss-reactive ketones (excluding diaryl/α,β-unsaturated/α-hetero) is 1. The number of ketones is 1. The van der Waals surface area contributed by atoms with Gasteiger partial charge in [0.1, 0.15) is 5.78 Å². The van der Waals surface area contributed by atoms with Crippen molar-refractivity contribution in [3.8, 4) is 0 Å². The van der Waals surface area contributed by atoms with Crippen molar-refractivity contribution in [2.45, 2.75) is 31.2 Å². The predicted molar refractivity (Wildman–Crippen MR) is 39.2 cm³/mol. The van der Waals surface area contributed by atoms with Gasteiger partial charge in [0.2, 0.25) is 0 Å². The number of rotatable bonds is 0. The molecule has 0 unspecified atom stereocenters. The van der Waals surface area contributed by atoms with Crippen LogP contribution >= 0.6 is 0 Å². The minimum atomic E-state index is -2.56. The average Bonchev–Trinajstić information content (AvgIpc) is 2.21. The van der Waals surface area contributed by atoms with Crippen molar-refractivity contribution in [1.82, 2.24) is 4.90 Å². The molecule has 0 bridgehead atoms. The standard InChI is InChI=1S/C8H11F2NO/c9-8(10)4-6-3-7(12)1-2-11(6)5-8/h6H,1-5H2/t6-/m0/s1. The normalized spacial score (nSPS) is 35.2. The highest BCUT2D eigenvalue weighted by atomic mass is 19.3. The number of halogens is 2. The van der Waals surface area contributed by atoms with Gasteiger partial charge in [0, 0.05) is 31.8 Å². The van der Waals surface area contributed by atoms with Gasteiger partial charge in [-0.05, 0) is 0 Å². The molecule has 2 heterocycles. The van der Waals surface area contributed by atoms with Gasteiger partial charge >= 0.3 is 0 Å². The van der Waals surface area contributed by atoms with Crippen LogP contribution in [0.5, 0.6) is 0 Å². The molecule has 0 amide bonds. The first kappa shape index (κ1) is 8.10. The number of piperidine rings is 1. The Balaban J connectivity index is 2.07. The first-order chi connectivity index (χ1) is 5.57. The van der Waals surface area contributed by atoms with E-state index < -0.39 is 5.92 Å². The molecule has 0 saturated carbocycles. The summed E-state index contributed by atoms with van der Waals surface area (Å²) >= 11 is 0. The van der Waals surface area contributed by atoms with Crippen molar-refractivity contribution in [1.29, 1.82) is 0 Å². The van der Waals surface area contributed by atoms with E-state index in [2.05, 4.69) is 0 Å². The minimum absolute atomic E-state index is 0.126. The summed E-state index contributed by atoms with van der Waals surface area (Å²) in [5.74, 6) is -2.43. The molecule has 0 aliphatic carbocycles. The lowest BCUT2D eigenvalue weighted by atomic mass is 10.0. The van der Waals surface area contributed by atoms with Gasteiger partial charge in [0.25, 0.3) is 5.92 Å². The van der Waals surface area contributed by atoms with Crippen molar-refractivity contribution in [2.75, 3.05) is 13.1 Å². The number of fused-ring (bicyclic) bond motifs is 1. The molecule has 0 N–H and O–H groups in total. The highest BCUT2D eigenvalue weighted by Crippen LogP contribution is 2.35.